The van der Waals surface area contributed by atoms with Crippen LogP contribution in [0.4, 0.5) is 0 Å². The fraction of sp³-hybridized carbons (Fsp3) is 0.600. The predicted octanol–water partition coefficient (Wildman–Crippen LogP) is 2.62. The second-order valence-electron chi connectivity index (χ2n) is 7.83. The molecule has 0 radical (unpaired) electrons. The average molecular weight is 434 g/mol. The molecule has 146 valence electrons. The molecule has 2 fully saturated rings. The summed E-state index contributed by atoms with van der Waals surface area (Å²) in [4.78, 5) is 5.06. The van der Waals surface area contributed by atoms with Crippen LogP contribution in [0.5, 0.6) is 0 Å². The van der Waals surface area contributed by atoms with Crippen molar-refractivity contribution in [3.8, 4) is 0 Å². The maximum absolute atomic E-state index is 6.01. The van der Waals surface area contributed by atoms with Gasteiger partial charge in [0, 0.05) is 36.2 Å². The third-order valence-corrected chi connectivity index (χ3v) is 6.35. The molecule has 0 bridgehead atoms. The number of benzene rings is 1. The Bertz CT molecular complexity index is 712. The van der Waals surface area contributed by atoms with E-state index in [0.29, 0.717) is 30.4 Å². The van der Waals surface area contributed by atoms with Crippen molar-refractivity contribution < 1.29 is 4.74 Å². The van der Waals surface area contributed by atoms with Gasteiger partial charge in [0.25, 0.3) is 0 Å². The lowest BCUT2D eigenvalue weighted by Crippen LogP contribution is -2.57. The van der Waals surface area contributed by atoms with Gasteiger partial charge in [0.1, 0.15) is 11.7 Å². The zero-order chi connectivity index (χ0) is 18.8. The van der Waals surface area contributed by atoms with Gasteiger partial charge < -0.3 is 15.4 Å². The summed E-state index contributed by atoms with van der Waals surface area (Å²) in [6, 6.07) is 9.73. The van der Waals surface area contributed by atoms with Crippen molar-refractivity contribution in [3.63, 3.8) is 0 Å². The number of nitrogens with two attached hydrogens (primary N) is 1. The summed E-state index contributed by atoms with van der Waals surface area (Å²) in [6.07, 6.45) is 4.35. The highest BCUT2D eigenvalue weighted by Crippen LogP contribution is 2.26. The molecule has 1 aromatic rings. The molecule has 2 saturated heterocycles. The van der Waals surface area contributed by atoms with Gasteiger partial charge in [-0.25, -0.2) is 0 Å². The molecule has 0 spiro atoms. The summed E-state index contributed by atoms with van der Waals surface area (Å²) in [6.45, 7) is 6.08. The third kappa shape index (κ3) is 4.52. The normalized spacial score (nSPS) is 27.6. The number of likely N-dealkylation sites (tertiary alicyclic amines) is 1. The first-order valence-corrected chi connectivity index (χ1v) is 10.6. The molecule has 6 nitrogen and oxygen atoms in total. The Labute approximate surface area is 169 Å². The summed E-state index contributed by atoms with van der Waals surface area (Å²) in [5.74, 6) is 1.66. The van der Waals surface area contributed by atoms with Gasteiger partial charge in [0.15, 0.2) is 0 Å². The molecule has 1 aromatic carbocycles. The number of halogens is 1. The molecule has 0 saturated carbocycles. The van der Waals surface area contributed by atoms with Crippen LogP contribution in [0, 0.1) is 0 Å². The van der Waals surface area contributed by atoms with Crippen molar-refractivity contribution in [3.05, 3.63) is 34.3 Å². The van der Waals surface area contributed by atoms with Gasteiger partial charge in [-0.15, -0.1) is 10.2 Å². The molecule has 3 aliphatic rings. The van der Waals surface area contributed by atoms with Gasteiger partial charge >= 0.3 is 0 Å². The Morgan fingerprint density at radius 2 is 1.93 bits per heavy atom. The van der Waals surface area contributed by atoms with Gasteiger partial charge in [-0.1, -0.05) is 28.1 Å². The van der Waals surface area contributed by atoms with E-state index in [0.717, 1.165) is 55.8 Å². The molecule has 27 heavy (non-hydrogen) atoms. The van der Waals surface area contributed by atoms with Crippen LogP contribution in [0.3, 0.4) is 0 Å². The minimum atomic E-state index is 0.302. The second-order valence-corrected chi connectivity index (χ2v) is 8.74. The van der Waals surface area contributed by atoms with Crippen molar-refractivity contribution in [1.82, 2.24) is 9.80 Å². The molecular weight excluding hydrogens is 406 g/mol. The lowest BCUT2D eigenvalue weighted by atomic mass is 9.96. The number of piperidine rings is 1. The molecule has 0 amide bonds. The number of amidine groups is 2. The van der Waals surface area contributed by atoms with Crippen LogP contribution in [0.2, 0.25) is 0 Å². The van der Waals surface area contributed by atoms with E-state index >= 15 is 0 Å². The monoisotopic (exact) mass is 433 g/mol. The largest absolute Gasteiger partial charge is 0.385 e. The van der Waals surface area contributed by atoms with Crippen molar-refractivity contribution in [2.75, 3.05) is 26.2 Å². The Morgan fingerprint density at radius 3 is 2.59 bits per heavy atom. The molecule has 3 heterocycles. The van der Waals surface area contributed by atoms with Crippen LogP contribution < -0.4 is 5.73 Å². The molecule has 0 aromatic heterocycles. The molecule has 2 atom stereocenters. The quantitative estimate of drug-likeness (QED) is 0.795. The Kier molecular flexibility index (Phi) is 5.80. The highest BCUT2D eigenvalue weighted by atomic mass is 79.9. The number of nitrogens with zero attached hydrogens (tertiary/aromatic N) is 4. The number of hydrogen-bond acceptors (Lipinski definition) is 6. The number of morpholine rings is 1. The lowest BCUT2D eigenvalue weighted by molar-refractivity contribution is -0.0777. The number of ether oxygens (including phenoxy) is 1. The maximum Gasteiger partial charge on any atom is 0.135 e. The molecule has 4 rings (SSSR count). The van der Waals surface area contributed by atoms with Crippen LogP contribution in [0.1, 0.15) is 31.7 Å². The van der Waals surface area contributed by atoms with Gasteiger partial charge in [-0.3, -0.25) is 4.90 Å². The van der Waals surface area contributed by atoms with Gasteiger partial charge in [-0.05, 0) is 43.9 Å². The van der Waals surface area contributed by atoms with E-state index in [1.54, 1.807) is 0 Å². The Balaban J connectivity index is 1.38. The first kappa shape index (κ1) is 18.9. The van der Waals surface area contributed by atoms with Gasteiger partial charge in [-0.2, -0.15) is 0 Å². The highest BCUT2D eigenvalue weighted by molar-refractivity contribution is 9.10. The molecule has 0 aliphatic carbocycles. The summed E-state index contributed by atoms with van der Waals surface area (Å²) >= 11 is 3.52. The fourth-order valence-corrected chi connectivity index (χ4v) is 4.64. The van der Waals surface area contributed by atoms with E-state index in [9.17, 15) is 0 Å². The second kappa shape index (κ2) is 8.29. The smallest absolute Gasteiger partial charge is 0.135 e. The summed E-state index contributed by atoms with van der Waals surface area (Å²) in [5, 5.41) is 8.22. The van der Waals surface area contributed by atoms with Crippen LogP contribution in [-0.4, -0.2) is 65.9 Å². The highest BCUT2D eigenvalue weighted by Gasteiger charge is 2.35. The zero-order valence-electron chi connectivity index (χ0n) is 15.9. The van der Waals surface area contributed by atoms with Crippen LogP contribution in [0.15, 0.2) is 38.9 Å². The summed E-state index contributed by atoms with van der Waals surface area (Å²) in [5.41, 5.74) is 7.15. The molecule has 7 heteroatoms. The first-order chi connectivity index (χ1) is 13.1. The Hall–Kier alpha value is -1.44. The van der Waals surface area contributed by atoms with Crippen molar-refractivity contribution >= 4 is 27.6 Å². The predicted molar refractivity (Wildman–Crippen MR) is 112 cm³/mol. The first-order valence-electron chi connectivity index (χ1n) is 9.84. The SMILES string of the molecule is C[C@H]1CN(C2CCN(C3=NN=C(N)C3)CC2)[C@@H](Cc2ccc(Br)cc2)CO1. The van der Waals surface area contributed by atoms with Gasteiger partial charge in [0.2, 0.25) is 0 Å². The average Bonchev–Trinajstić information content (AvgIpc) is 3.11. The molecular formula is C20H28BrN5O. The van der Waals surface area contributed by atoms with E-state index in [2.05, 4.69) is 67.1 Å². The van der Waals surface area contributed by atoms with Crippen LogP contribution >= 0.6 is 15.9 Å². The molecule has 0 unspecified atom stereocenters. The van der Waals surface area contributed by atoms with Crippen LogP contribution in [-0.2, 0) is 11.2 Å². The standard InChI is InChI=1S/C20H28BrN5O/c1-14-12-26(18(13-27-14)10-15-2-4-16(21)5-3-15)17-6-8-25(9-7-17)20-11-19(22)23-24-20/h2-5,14,17-18H,6-13H2,1H3,(H2,22,23)/t14-,18-/m0/s1. The fourth-order valence-electron chi connectivity index (χ4n) is 4.37. The van der Waals surface area contributed by atoms with E-state index in [1.807, 2.05) is 0 Å². The van der Waals surface area contributed by atoms with Gasteiger partial charge in [0.05, 0.1) is 19.1 Å². The van der Waals surface area contributed by atoms with E-state index < -0.39 is 0 Å². The van der Waals surface area contributed by atoms with Crippen LogP contribution in [0.25, 0.3) is 0 Å². The third-order valence-electron chi connectivity index (χ3n) is 5.83. The number of rotatable bonds is 3. The lowest BCUT2D eigenvalue weighted by Gasteiger charge is -2.46. The molecule has 2 N–H and O–H groups in total. The number of hydrogen-bond donors (Lipinski definition) is 1. The van der Waals surface area contributed by atoms with E-state index in [4.69, 9.17) is 10.5 Å². The zero-order valence-corrected chi connectivity index (χ0v) is 17.4. The van der Waals surface area contributed by atoms with E-state index in [-0.39, 0.29) is 0 Å². The van der Waals surface area contributed by atoms with Crippen molar-refractivity contribution in [2.45, 2.75) is 50.8 Å². The summed E-state index contributed by atoms with van der Waals surface area (Å²) < 4.78 is 7.14. The van der Waals surface area contributed by atoms with E-state index in [1.165, 1.54) is 5.56 Å². The maximum atomic E-state index is 6.01. The minimum Gasteiger partial charge on any atom is -0.385 e. The summed E-state index contributed by atoms with van der Waals surface area (Å²) in [7, 11) is 0. The topological polar surface area (TPSA) is 66.5 Å². The minimum absolute atomic E-state index is 0.302. The van der Waals surface area contributed by atoms with Crippen molar-refractivity contribution in [2.24, 2.45) is 15.9 Å². The molecule has 3 aliphatic heterocycles. The van der Waals surface area contributed by atoms with Crippen molar-refractivity contribution in [1.29, 1.82) is 0 Å². The Morgan fingerprint density at radius 1 is 1.19 bits per heavy atom.